The summed E-state index contributed by atoms with van der Waals surface area (Å²) in [7, 11) is 0. The van der Waals surface area contributed by atoms with Crippen LogP contribution in [-0.4, -0.2) is 35.4 Å². The first-order valence-electron chi connectivity index (χ1n) is 4.72. The van der Waals surface area contributed by atoms with Crippen molar-refractivity contribution >= 4 is 11.7 Å². The van der Waals surface area contributed by atoms with Crippen molar-refractivity contribution in [3.8, 4) is 0 Å². The SMILES string of the molecule is CC1CC(=O)CCCN1C(=O)C(F)(F)F. The average Bonchev–Trinajstić information content (AvgIpc) is 2.23. The molecule has 0 aliphatic carbocycles. The highest BCUT2D eigenvalue weighted by Gasteiger charge is 2.44. The molecule has 3 nitrogen and oxygen atoms in total. The lowest BCUT2D eigenvalue weighted by Gasteiger charge is -2.27. The van der Waals surface area contributed by atoms with Gasteiger partial charge in [-0.1, -0.05) is 0 Å². The monoisotopic (exact) mass is 223 g/mol. The van der Waals surface area contributed by atoms with Crippen LogP contribution in [0.3, 0.4) is 0 Å². The van der Waals surface area contributed by atoms with Gasteiger partial charge in [0, 0.05) is 25.4 Å². The zero-order valence-electron chi connectivity index (χ0n) is 8.30. The molecular formula is C9H12F3NO2. The Hall–Kier alpha value is -1.07. The van der Waals surface area contributed by atoms with Crippen LogP contribution in [0.2, 0.25) is 0 Å². The van der Waals surface area contributed by atoms with Crippen molar-refractivity contribution in [3.05, 3.63) is 0 Å². The third-order valence-electron chi connectivity index (χ3n) is 2.41. The summed E-state index contributed by atoms with van der Waals surface area (Å²) in [4.78, 5) is 22.8. The largest absolute Gasteiger partial charge is 0.471 e. The molecule has 1 amide bonds. The van der Waals surface area contributed by atoms with Crippen LogP contribution >= 0.6 is 0 Å². The summed E-state index contributed by atoms with van der Waals surface area (Å²) in [6.07, 6.45) is -4.26. The van der Waals surface area contributed by atoms with Gasteiger partial charge in [-0.15, -0.1) is 0 Å². The zero-order valence-corrected chi connectivity index (χ0v) is 8.30. The Balaban J connectivity index is 2.76. The van der Waals surface area contributed by atoms with Gasteiger partial charge in [-0.05, 0) is 13.3 Å². The van der Waals surface area contributed by atoms with Crippen LogP contribution in [0.1, 0.15) is 26.2 Å². The topological polar surface area (TPSA) is 37.4 Å². The molecule has 1 atom stereocenters. The van der Waals surface area contributed by atoms with Gasteiger partial charge < -0.3 is 4.90 Å². The van der Waals surface area contributed by atoms with Gasteiger partial charge in [0.25, 0.3) is 0 Å². The Bertz CT molecular complexity index is 275. The minimum absolute atomic E-state index is 0.00521. The van der Waals surface area contributed by atoms with Crippen LogP contribution in [0.4, 0.5) is 13.2 Å². The summed E-state index contributed by atoms with van der Waals surface area (Å²) in [5.74, 6) is -1.93. The maximum Gasteiger partial charge on any atom is 0.471 e. The lowest BCUT2D eigenvalue weighted by Crippen LogP contribution is -2.46. The van der Waals surface area contributed by atoms with Gasteiger partial charge in [-0.25, -0.2) is 0 Å². The molecule has 1 fully saturated rings. The average molecular weight is 223 g/mol. The number of likely N-dealkylation sites (tertiary alicyclic amines) is 1. The highest BCUT2D eigenvalue weighted by molar-refractivity contribution is 5.84. The van der Waals surface area contributed by atoms with E-state index in [1.54, 1.807) is 0 Å². The molecule has 1 unspecified atom stereocenters. The fourth-order valence-electron chi connectivity index (χ4n) is 1.67. The van der Waals surface area contributed by atoms with Crippen LogP contribution in [-0.2, 0) is 9.59 Å². The van der Waals surface area contributed by atoms with Crippen molar-refractivity contribution in [1.82, 2.24) is 4.90 Å². The van der Waals surface area contributed by atoms with E-state index >= 15 is 0 Å². The smallest absolute Gasteiger partial charge is 0.332 e. The number of nitrogens with zero attached hydrogens (tertiary/aromatic N) is 1. The number of amides is 1. The molecule has 15 heavy (non-hydrogen) atoms. The van der Waals surface area contributed by atoms with E-state index in [0.717, 1.165) is 4.90 Å². The van der Waals surface area contributed by atoms with Crippen LogP contribution in [0.5, 0.6) is 0 Å². The number of carbonyl (C=O) groups excluding carboxylic acids is 2. The lowest BCUT2D eigenvalue weighted by molar-refractivity contribution is -0.187. The number of rotatable bonds is 0. The van der Waals surface area contributed by atoms with Crippen molar-refractivity contribution in [3.63, 3.8) is 0 Å². The van der Waals surface area contributed by atoms with E-state index in [1.807, 2.05) is 0 Å². The first-order valence-corrected chi connectivity index (χ1v) is 4.72. The summed E-state index contributed by atoms with van der Waals surface area (Å²) < 4.78 is 36.5. The van der Waals surface area contributed by atoms with E-state index in [2.05, 4.69) is 0 Å². The number of hydrogen-bond acceptors (Lipinski definition) is 2. The predicted molar refractivity (Wildman–Crippen MR) is 46.1 cm³/mol. The Morgan fingerprint density at radius 2 is 2.07 bits per heavy atom. The Morgan fingerprint density at radius 3 is 2.60 bits per heavy atom. The fourth-order valence-corrected chi connectivity index (χ4v) is 1.67. The summed E-state index contributed by atoms with van der Waals surface area (Å²) in [5.41, 5.74) is 0. The standard InChI is InChI=1S/C9H12F3NO2/c1-6-5-7(14)3-2-4-13(6)8(15)9(10,11)12/h6H,2-5H2,1H3. The minimum Gasteiger partial charge on any atom is -0.332 e. The van der Waals surface area contributed by atoms with Crippen molar-refractivity contribution in [1.29, 1.82) is 0 Å². The first kappa shape index (κ1) is 12.0. The molecule has 0 N–H and O–H groups in total. The van der Waals surface area contributed by atoms with Crippen molar-refractivity contribution in [2.75, 3.05) is 6.54 Å². The third kappa shape index (κ3) is 2.94. The van der Waals surface area contributed by atoms with E-state index in [1.165, 1.54) is 6.92 Å². The van der Waals surface area contributed by atoms with Crippen molar-refractivity contribution in [2.24, 2.45) is 0 Å². The highest BCUT2D eigenvalue weighted by Crippen LogP contribution is 2.23. The van der Waals surface area contributed by atoms with Gasteiger partial charge in [0.2, 0.25) is 0 Å². The van der Waals surface area contributed by atoms with Crippen LogP contribution < -0.4 is 0 Å². The molecule has 1 aliphatic rings. The Labute approximate surface area is 85.2 Å². The molecule has 1 heterocycles. The van der Waals surface area contributed by atoms with Gasteiger partial charge >= 0.3 is 12.1 Å². The molecule has 6 heteroatoms. The molecule has 0 radical (unpaired) electrons. The minimum atomic E-state index is -4.85. The van der Waals surface area contributed by atoms with Crippen molar-refractivity contribution in [2.45, 2.75) is 38.4 Å². The molecule has 1 saturated heterocycles. The quantitative estimate of drug-likeness (QED) is 0.624. The van der Waals surface area contributed by atoms with Gasteiger partial charge in [0.15, 0.2) is 0 Å². The van der Waals surface area contributed by atoms with Crippen LogP contribution in [0.15, 0.2) is 0 Å². The number of halogens is 3. The van der Waals surface area contributed by atoms with E-state index in [0.29, 0.717) is 6.42 Å². The second-order valence-corrected chi connectivity index (χ2v) is 3.69. The maximum atomic E-state index is 12.2. The van der Waals surface area contributed by atoms with Gasteiger partial charge in [-0.3, -0.25) is 9.59 Å². The first-order chi connectivity index (χ1) is 6.82. The molecule has 1 aliphatic heterocycles. The highest BCUT2D eigenvalue weighted by atomic mass is 19.4. The summed E-state index contributed by atoms with van der Waals surface area (Å²) >= 11 is 0. The normalized spacial score (nSPS) is 23.9. The molecule has 86 valence electrons. The molecule has 0 aromatic rings. The Kier molecular flexibility index (Phi) is 3.36. The van der Waals surface area contributed by atoms with E-state index in [-0.39, 0.29) is 25.2 Å². The summed E-state index contributed by atoms with van der Waals surface area (Å²) in [5, 5.41) is 0. The van der Waals surface area contributed by atoms with Crippen LogP contribution in [0, 0.1) is 0 Å². The van der Waals surface area contributed by atoms with E-state index < -0.39 is 18.1 Å². The number of Topliss-reactive ketones (excluding diaryl/α,β-unsaturated/α-hetero) is 1. The van der Waals surface area contributed by atoms with Gasteiger partial charge in [-0.2, -0.15) is 13.2 Å². The number of carbonyl (C=O) groups is 2. The summed E-state index contributed by atoms with van der Waals surface area (Å²) in [6.45, 7) is 1.47. The van der Waals surface area contributed by atoms with Crippen molar-refractivity contribution < 1.29 is 22.8 Å². The van der Waals surface area contributed by atoms with E-state index in [4.69, 9.17) is 0 Å². The third-order valence-corrected chi connectivity index (χ3v) is 2.41. The second-order valence-electron chi connectivity index (χ2n) is 3.69. The van der Waals surface area contributed by atoms with E-state index in [9.17, 15) is 22.8 Å². The summed E-state index contributed by atoms with van der Waals surface area (Å²) in [6, 6.07) is -0.658. The molecule has 0 aromatic carbocycles. The number of hydrogen-bond donors (Lipinski definition) is 0. The second kappa shape index (κ2) is 4.20. The maximum absolute atomic E-state index is 12.2. The molecule has 1 rings (SSSR count). The number of alkyl halides is 3. The molecule has 0 spiro atoms. The van der Waals surface area contributed by atoms with Gasteiger partial charge in [0.1, 0.15) is 5.78 Å². The molecule has 0 bridgehead atoms. The van der Waals surface area contributed by atoms with Gasteiger partial charge in [0.05, 0.1) is 0 Å². The number of ketones is 1. The van der Waals surface area contributed by atoms with Crippen LogP contribution in [0.25, 0.3) is 0 Å². The predicted octanol–water partition coefficient (Wildman–Crippen LogP) is 1.52. The zero-order chi connectivity index (χ0) is 11.6. The molecular weight excluding hydrogens is 211 g/mol. The lowest BCUT2D eigenvalue weighted by atomic mass is 10.1. The Morgan fingerprint density at radius 1 is 1.47 bits per heavy atom. The molecule has 0 aromatic heterocycles. The molecule has 0 saturated carbocycles. The fraction of sp³-hybridized carbons (Fsp3) is 0.778.